The number of rotatable bonds is 26. The van der Waals surface area contributed by atoms with Crippen LogP contribution in [-0.4, -0.2) is 49.0 Å². The molecule has 0 spiro atoms. The van der Waals surface area contributed by atoms with E-state index in [4.69, 9.17) is 18.9 Å². The van der Waals surface area contributed by atoms with Crippen molar-refractivity contribution in [1.29, 1.82) is 0 Å². The van der Waals surface area contributed by atoms with Crippen LogP contribution in [0.5, 0.6) is 0 Å². The summed E-state index contributed by atoms with van der Waals surface area (Å²) in [6, 6.07) is 19.6. The normalized spacial score (nSPS) is 22.7. The summed E-state index contributed by atoms with van der Waals surface area (Å²) in [6.45, 7) is 9.54. The number of aliphatic hydroxyl groups is 1. The zero-order valence-corrected chi connectivity index (χ0v) is 30.8. The van der Waals surface area contributed by atoms with Crippen molar-refractivity contribution in [1.82, 2.24) is 0 Å². The van der Waals surface area contributed by atoms with E-state index in [2.05, 4.69) is 49.9 Å². The minimum Gasteiger partial charge on any atom is -0.394 e. The first-order valence-corrected chi connectivity index (χ1v) is 19.2. The van der Waals surface area contributed by atoms with Gasteiger partial charge in [0.1, 0.15) is 0 Å². The molecule has 2 aromatic rings. The molecule has 0 radical (unpaired) electrons. The van der Waals surface area contributed by atoms with Crippen LogP contribution in [0.1, 0.15) is 122 Å². The van der Waals surface area contributed by atoms with Gasteiger partial charge in [-0.2, -0.15) is 0 Å². The van der Waals surface area contributed by atoms with Gasteiger partial charge in [-0.15, -0.1) is 0 Å². The third kappa shape index (κ3) is 15.1. The lowest BCUT2D eigenvalue weighted by atomic mass is 9.79. The van der Waals surface area contributed by atoms with E-state index in [-0.39, 0.29) is 37.3 Å². The fourth-order valence-corrected chi connectivity index (χ4v) is 6.88. The van der Waals surface area contributed by atoms with Crippen molar-refractivity contribution in [2.45, 2.75) is 155 Å². The van der Waals surface area contributed by atoms with E-state index in [0.717, 1.165) is 30.4 Å². The standard InChI is InChI=1S/C41H65N3O5/c1-5-6-7-8-9-10-11-12-13-14-15-22-27-38(46-29-35-23-18-16-19-24-35)40(47-30-36-25-20-17-21-26-36)37(43-44-42)31-48-41-34(4)32(2)33(3)39(28-45)49-41/h16-21,23-26,32-34,37-41,45H,5-15,22,27-31H2,1-4H3/t32-,33+,34?,37-,38+,39?,40-,41+/m0/s1. The molecule has 1 saturated heterocycles. The molecule has 2 unspecified atom stereocenters. The molecule has 1 aliphatic heterocycles. The monoisotopic (exact) mass is 679 g/mol. The zero-order chi connectivity index (χ0) is 35.1. The molecule has 3 rings (SSSR count). The van der Waals surface area contributed by atoms with Crippen LogP contribution in [0.15, 0.2) is 65.8 Å². The van der Waals surface area contributed by atoms with E-state index < -0.39 is 18.4 Å². The summed E-state index contributed by atoms with van der Waals surface area (Å²) < 4.78 is 25.9. The van der Waals surface area contributed by atoms with E-state index >= 15 is 0 Å². The van der Waals surface area contributed by atoms with Crippen molar-refractivity contribution in [3.8, 4) is 0 Å². The maximum atomic E-state index is 9.96. The highest BCUT2D eigenvalue weighted by Gasteiger charge is 2.40. The quantitative estimate of drug-likeness (QED) is 0.0461. The van der Waals surface area contributed by atoms with E-state index in [1.807, 2.05) is 48.5 Å². The van der Waals surface area contributed by atoms with Gasteiger partial charge in [-0.05, 0) is 34.9 Å². The topological polar surface area (TPSA) is 106 Å². The summed E-state index contributed by atoms with van der Waals surface area (Å²) in [5.41, 5.74) is 11.9. The van der Waals surface area contributed by atoms with Gasteiger partial charge in [-0.25, -0.2) is 0 Å². The summed E-state index contributed by atoms with van der Waals surface area (Å²) in [5, 5.41) is 14.2. The first-order valence-electron chi connectivity index (χ1n) is 19.2. The van der Waals surface area contributed by atoms with Crippen LogP contribution >= 0.6 is 0 Å². The van der Waals surface area contributed by atoms with Crippen LogP contribution in [0.3, 0.4) is 0 Å². The molecule has 8 atom stereocenters. The third-order valence-electron chi connectivity index (χ3n) is 10.5. The van der Waals surface area contributed by atoms with Gasteiger partial charge in [0, 0.05) is 10.8 Å². The van der Waals surface area contributed by atoms with Crippen LogP contribution in [0, 0.1) is 17.8 Å². The van der Waals surface area contributed by atoms with Crippen LogP contribution in [0.4, 0.5) is 0 Å². The Kier molecular flexibility index (Phi) is 20.6. The second-order valence-corrected chi connectivity index (χ2v) is 14.2. The Labute approximate surface area is 296 Å². The maximum absolute atomic E-state index is 9.96. The molecule has 8 nitrogen and oxygen atoms in total. The fraction of sp³-hybridized carbons (Fsp3) is 0.707. The fourth-order valence-electron chi connectivity index (χ4n) is 6.88. The van der Waals surface area contributed by atoms with Crippen molar-refractivity contribution in [2.24, 2.45) is 22.9 Å². The molecule has 0 saturated carbocycles. The van der Waals surface area contributed by atoms with E-state index in [1.54, 1.807) is 0 Å². The molecule has 1 heterocycles. The average molecular weight is 680 g/mol. The Hall–Kier alpha value is -2.45. The summed E-state index contributed by atoms with van der Waals surface area (Å²) in [7, 11) is 0. The highest BCUT2D eigenvalue weighted by atomic mass is 16.7. The first kappa shape index (κ1) is 41.0. The minimum atomic E-state index is -0.634. The van der Waals surface area contributed by atoms with Gasteiger partial charge < -0.3 is 24.1 Å². The third-order valence-corrected chi connectivity index (χ3v) is 10.5. The molecule has 49 heavy (non-hydrogen) atoms. The molecule has 1 aliphatic rings. The Balaban J connectivity index is 1.69. The van der Waals surface area contributed by atoms with Crippen LogP contribution in [0.25, 0.3) is 10.4 Å². The number of nitrogens with zero attached hydrogens (tertiary/aromatic N) is 3. The SMILES string of the molecule is CCCCCCCCCCCCCC[C@@H](OCc1ccccc1)[C@@H](OCc1ccccc1)[C@H](CO[C@@H]1OC(CO)[C@H](C)[C@H](C)C1C)N=[N+]=[N-]. The van der Waals surface area contributed by atoms with Gasteiger partial charge >= 0.3 is 0 Å². The van der Waals surface area contributed by atoms with Gasteiger partial charge in [0.25, 0.3) is 0 Å². The lowest BCUT2D eigenvalue weighted by Crippen LogP contribution is -2.49. The van der Waals surface area contributed by atoms with Crippen molar-refractivity contribution in [2.75, 3.05) is 13.2 Å². The molecular formula is C41H65N3O5. The lowest BCUT2D eigenvalue weighted by molar-refractivity contribution is -0.258. The smallest absolute Gasteiger partial charge is 0.160 e. The second-order valence-electron chi connectivity index (χ2n) is 14.2. The van der Waals surface area contributed by atoms with Gasteiger partial charge in [-0.3, -0.25) is 0 Å². The molecule has 8 heteroatoms. The highest BCUT2D eigenvalue weighted by Crippen LogP contribution is 2.35. The van der Waals surface area contributed by atoms with Crippen molar-refractivity contribution < 1.29 is 24.1 Å². The molecule has 0 bridgehead atoms. The predicted molar refractivity (Wildman–Crippen MR) is 198 cm³/mol. The molecule has 274 valence electrons. The number of ether oxygens (including phenoxy) is 4. The largest absolute Gasteiger partial charge is 0.394 e. The van der Waals surface area contributed by atoms with Gasteiger partial charge in [0.15, 0.2) is 6.29 Å². The van der Waals surface area contributed by atoms with Gasteiger partial charge in [0.2, 0.25) is 0 Å². The van der Waals surface area contributed by atoms with Gasteiger partial charge in [-0.1, -0.05) is 171 Å². The van der Waals surface area contributed by atoms with Crippen LogP contribution in [-0.2, 0) is 32.2 Å². The number of hydrogen-bond acceptors (Lipinski definition) is 6. The molecule has 0 amide bonds. The maximum Gasteiger partial charge on any atom is 0.160 e. The Morgan fingerprint density at radius 2 is 1.27 bits per heavy atom. The zero-order valence-electron chi connectivity index (χ0n) is 30.8. The molecule has 1 N–H and O–H groups in total. The second kappa shape index (κ2) is 24.7. The number of unbranched alkanes of at least 4 members (excludes halogenated alkanes) is 11. The summed E-state index contributed by atoms with van der Waals surface area (Å²) >= 11 is 0. The molecule has 0 aliphatic carbocycles. The average Bonchev–Trinajstić information content (AvgIpc) is 3.13. The van der Waals surface area contributed by atoms with Crippen molar-refractivity contribution in [3.63, 3.8) is 0 Å². The minimum absolute atomic E-state index is 0.0604. The molecular weight excluding hydrogens is 614 g/mol. The van der Waals surface area contributed by atoms with Crippen LogP contribution in [0.2, 0.25) is 0 Å². The summed E-state index contributed by atoms with van der Waals surface area (Å²) in [5.74, 6) is 0.618. The summed E-state index contributed by atoms with van der Waals surface area (Å²) in [4.78, 5) is 3.25. The first-order chi connectivity index (χ1) is 24.0. The number of azide groups is 1. The summed E-state index contributed by atoms with van der Waals surface area (Å²) in [6.07, 6.45) is 14.5. The van der Waals surface area contributed by atoms with Crippen molar-refractivity contribution in [3.05, 3.63) is 82.2 Å². The number of aliphatic hydroxyl groups excluding tert-OH is 1. The Morgan fingerprint density at radius 3 is 1.80 bits per heavy atom. The predicted octanol–water partition coefficient (Wildman–Crippen LogP) is 10.6. The highest BCUT2D eigenvalue weighted by molar-refractivity contribution is 5.14. The van der Waals surface area contributed by atoms with E-state index in [0.29, 0.717) is 19.1 Å². The van der Waals surface area contributed by atoms with Crippen molar-refractivity contribution >= 4 is 0 Å². The molecule has 1 fully saturated rings. The van der Waals surface area contributed by atoms with Gasteiger partial charge in [0.05, 0.1) is 50.8 Å². The lowest BCUT2D eigenvalue weighted by Gasteiger charge is -2.43. The number of benzene rings is 2. The molecule has 0 aromatic heterocycles. The van der Waals surface area contributed by atoms with E-state index in [9.17, 15) is 10.6 Å². The number of hydrogen-bond donors (Lipinski definition) is 1. The van der Waals surface area contributed by atoms with E-state index in [1.165, 1.54) is 64.2 Å². The molecule has 2 aromatic carbocycles. The van der Waals surface area contributed by atoms with Crippen LogP contribution < -0.4 is 0 Å². The Morgan fingerprint density at radius 1 is 0.735 bits per heavy atom. The Bertz CT molecular complexity index is 1150.